The molecular weight excluding hydrogens is 406 g/mol. The Balaban J connectivity index is 1.65. The van der Waals surface area contributed by atoms with Crippen LogP contribution in [-0.2, 0) is 15.1 Å². The highest BCUT2D eigenvalue weighted by Gasteiger charge is 2.53. The number of hydrogen-bond donors (Lipinski definition) is 1. The quantitative estimate of drug-likeness (QED) is 0.785. The molecule has 0 bridgehead atoms. The molecule has 170 valence electrons. The van der Waals surface area contributed by atoms with Gasteiger partial charge in [0.1, 0.15) is 0 Å². The first-order chi connectivity index (χ1) is 14.5. The van der Waals surface area contributed by atoms with Gasteiger partial charge in [0.2, 0.25) is 0 Å². The highest BCUT2D eigenvalue weighted by molar-refractivity contribution is 6.08. The molecule has 3 aliphatic rings. The molecule has 1 spiro atoms. The third-order valence-corrected chi connectivity index (χ3v) is 6.56. The molecule has 2 amide bonds. The second-order valence-corrected chi connectivity index (χ2v) is 9.53. The lowest BCUT2D eigenvalue weighted by atomic mass is 9.86. The van der Waals surface area contributed by atoms with E-state index in [0.29, 0.717) is 42.8 Å². The minimum absolute atomic E-state index is 0.0151. The molecule has 2 saturated heterocycles. The standard InChI is InChI=1S/C23H30F2N2O4/c1-21(2,30)8-13-27-18-6-5-16(19(28)26-11-9-22(24,25)10-12-26)15-17(18)23(20(27)29)7-3-4-14-31-23/h5-6,15,30H,3-4,7-14H2,1-2H3. The van der Waals surface area contributed by atoms with Crippen LogP contribution in [0.4, 0.5) is 14.5 Å². The van der Waals surface area contributed by atoms with Crippen LogP contribution in [0, 0.1) is 0 Å². The zero-order chi connectivity index (χ0) is 22.4. The summed E-state index contributed by atoms with van der Waals surface area (Å²) < 4.78 is 33.0. The van der Waals surface area contributed by atoms with Crippen molar-refractivity contribution in [1.82, 2.24) is 4.90 Å². The van der Waals surface area contributed by atoms with Crippen LogP contribution in [0.1, 0.15) is 68.3 Å². The predicted octanol–water partition coefficient (Wildman–Crippen LogP) is 3.46. The Labute approximate surface area is 181 Å². The molecule has 8 heteroatoms. The van der Waals surface area contributed by atoms with Crippen LogP contribution in [0.3, 0.4) is 0 Å². The smallest absolute Gasteiger partial charge is 0.263 e. The molecule has 3 aliphatic heterocycles. The second-order valence-electron chi connectivity index (χ2n) is 9.53. The van der Waals surface area contributed by atoms with E-state index in [4.69, 9.17) is 4.74 Å². The summed E-state index contributed by atoms with van der Waals surface area (Å²) in [5.41, 5.74) is -0.289. The summed E-state index contributed by atoms with van der Waals surface area (Å²) in [6.45, 7) is 4.23. The van der Waals surface area contributed by atoms with E-state index in [1.54, 1.807) is 36.9 Å². The predicted molar refractivity (Wildman–Crippen MR) is 111 cm³/mol. The number of rotatable bonds is 4. The van der Waals surface area contributed by atoms with Gasteiger partial charge >= 0.3 is 0 Å². The van der Waals surface area contributed by atoms with Gasteiger partial charge in [-0.3, -0.25) is 9.59 Å². The number of hydrogen-bond acceptors (Lipinski definition) is 4. The third-order valence-electron chi connectivity index (χ3n) is 6.56. The molecule has 1 atom stereocenters. The van der Waals surface area contributed by atoms with Crippen molar-refractivity contribution < 1.29 is 28.2 Å². The Hall–Kier alpha value is -2.06. The fourth-order valence-corrected chi connectivity index (χ4v) is 4.67. The van der Waals surface area contributed by atoms with Crippen LogP contribution in [0.15, 0.2) is 18.2 Å². The number of fused-ring (bicyclic) bond motifs is 2. The van der Waals surface area contributed by atoms with Gasteiger partial charge in [-0.2, -0.15) is 0 Å². The lowest BCUT2D eigenvalue weighted by molar-refractivity contribution is -0.150. The van der Waals surface area contributed by atoms with E-state index >= 15 is 0 Å². The molecule has 0 radical (unpaired) electrons. The zero-order valence-electron chi connectivity index (χ0n) is 18.1. The Morgan fingerprint density at radius 2 is 1.90 bits per heavy atom. The van der Waals surface area contributed by atoms with Gasteiger partial charge in [0.15, 0.2) is 5.60 Å². The van der Waals surface area contributed by atoms with Gasteiger partial charge in [0, 0.05) is 50.2 Å². The number of alkyl halides is 2. The molecule has 1 N–H and O–H groups in total. The highest BCUT2D eigenvalue weighted by atomic mass is 19.3. The summed E-state index contributed by atoms with van der Waals surface area (Å²) in [6, 6.07) is 5.11. The maximum atomic E-state index is 13.5. The Bertz CT molecular complexity index is 865. The molecule has 1 aromatic carbocycles. The first kappa shape index (κ1) is 22.1. The van der Waals surface area contributed by atoms with E-state index < -0.39 is 17.1 Å². The minimum atomic E-state index is -2.72. The molecule has 1 unspecified atom stereocenters. The number of carbonyl (C=O) groups is 2. The van der Waals surface area contributed by atoms with Crippen LogP contribution in [0.5, 0.6) is 0 Å². The average Bonchev–Trinajstić information content (AvgIpc) is 2.93. The molecule has 4 rings (SSSR count). The third kappa shape index (κ3) is 4.20. The average molecular weight is 436 g/mol. The van der Waals surface area contributed by atoms with E-state index in [2.05, 4.69) is 0 Å². The van der Waals surface area contributed by atoms with Crippen molar-refractivity contribution in [2.24, 2.45) is 0 Å². The van der Waals surface area contributed by atoms with Crippen molar-refractivity contribution in [3.05, 3.63) is 29.3 Å². The fourth-order valence-electron chi connectivity index (χ4n) is 4.67. The van der Waals surface area contributed by atoms with Gasteiger partial charge in [0.05, 0.1) is 11.3 Å². The Morgan fingerprint density at radius 3 is 2.52 bits per heavy atom. The van der Waals surface area contributed by atoms with Gasteiger partial charge in [0.25, 0.3) is 17.7 Å². The largest absolute Gasteiger partial charge is 0.390 e. The van der Waals surface area contributed by atoms with Crippen LogP contribution < -0.4 is 4.90 Å². The van der Waals surface area contributed by atoms with Crippen LogP contribution in [0.2, 0.25) is 0 Å². The number of benzene rings is 1. The number of aliphatic hydroxyl groups is 1. The van der Waals surface area contributed by atoms with Crippen molar-refractivity contribution >= 4 is 17.5 Å². The van der Waals surface area contributed by atoms with Crippen molar-refractivity contribution in [2.75, 3.05) is 31.1 Å². The number of nitrogens with zero attached hydrogens (tertiary/aromatic N) is 2. The van der Waals surface area contributed by atoms with Crippen LogP contribution >= 0.6 is 0 Å². The molecule has 1 aromatic rings. The van der Waals surface area contributed by atoms with Gasteiger partial charge in [-0.25, -0.2) is 8.78 Å². The van der Waals surface area contributed by atoms with E-state index in [1.165, 1.54) is 4.90 Å². The molecule has 2 fully saturated rings. The van der Waals surface area contributed by atoms with E-state index in [-0.39, 0.29) is 37.7 Å². The second kappa shape index (κ2) is 7.81. The van der Waals surface area contributed by atoms with E-state index in [1.807, 2.05) is 0 Å². The summed E-state index contributed by atoms with van der Waals surface area (Å²) >= 11 is 0. The summed E-state index contributed by atoms with van der Waals surface area (Å²) in [5, 5.41) is 10.1. The molecular formula is C23H30F2N2O4. The normalized spacial score (nSPS) is 25.8. The molecule has 0 saturated carbocycles. The molecule has 6 nitrogen and oxygen atoms in total. The Morgan fingerprint density at radius 1 is 1.19 bits per heavy atom. The number of anilines is 1. The number of carbonyl (C=O) groups excluding carboxylic acids is 2. The number of piperidine rings is 1. The van der Waals surface area contributed by atoms with Crippen molar-refractivity contribution in [3.8, 4) is 0 Å². The highest BCUT2D eigenvalue weighted by Crippen LogP contribution is 2.48. The summed E-state index contributed by atoms with van der Waals surface area (Å²) in [7, 11) is 0. The fraction of sp³-hybridized carbons (Fsp3) is 0.652. The maximum absolute atomic E-state index is 13.5. The summed E-state index contributed by atoms with van der Waals surface area (Å²) in [5.74, 6) is -3.18. The lowest BCUT2D eigenvalue weighted by Crippen LogP contribution is -2.45. The molecule has 3 heterocycles. The van der Waals surface area contributed by atoms with Gasteiger partial charge in [-0.05, 0) is 57.7 Å². The van der Waals surface area contributed by atoms with Gasteiger partial charge in [-0.15, -0.1) is 0 Å². The van der Waals surface area contributed by atoms with Crippen molar-refractivity contribution in [3.63, 3.8) is 0 Å². The SMILES string of the molecule is CC(C)(O)CCN1C(=O)C2(CCCCO2)c2cc(C(=O)N3CCC(F)(F)CC3)ccc21. The van der Waals surface area contributed by atoms with Gasteiger partial charge < -0.3 is 19.6 Å². The van der Waals surface area contributed by atoms with Crippen LogP contribution in [0.25, 0.3) is 0 Å². The molecule has 0 aliphatic carbocycles. The number of likely N-dealkylation sites (tertiary alicyclic amines) is 1. The first-order valence-electron chi connectivity index (χ1n) is 11.0. The maximum Gasteiger partial charge on any atom is 0.263 e. The Kier molecular flexibility index (Phi) is 5.58. The van der Waals surface area contributed by atoms with E-state index in [9.17, 15) is 23.5 Å². The van der Waals surface area contributed by atoms with Gasteiger partial charge in [-0.1, -0.05) is 0 Å². The molecule has 0 aromatic heterocycles. The number of halogens is 2. The zero-order valence-corrected chi connectivity index (χ0v) is 18.1. The summed E-state index contributed by atoms with van der Waals surface area (Å²) in [6.07, 6.45) is 1.97. The van der Waals surface area contributed by atoms with E-state index in [0.717, 1.165) is 12.8 Å². The lowest BCUT2D eigenvalue weighted by Gasteiger charge is -2.33. The first-order valence-corrected chi connectivity index (χ1v) is 11.0. The topological polar surface area (TPSA) is 70.1 Å². The number of amides is 2. The number of ether oxygens (including phenoxy) is 1. The van der Waals surface area contributed by atoms with Crippen molar-refractivity contribution in [2.45, 2.75) is 69.5 Å². The monoisotopic (exact) mass is 436 g/mol. The van der Waals surface area contributed by atoms with Crippen molar-refractivity contribution in [1.29, 1.82) is 0 Å². The molecule has 31 heavy (non-hydrogen) atoms. The van der Waals surface area contributed by atoms with Crippen LogP contribution in [-0.4, -0.2) is 59.6 Å². The minimum Gasteiger partial charge on any atom is -0.390 e. The summed E-state index contributed by atoms with van der Waals surface area (Å²) in [4.78, 5) is 29.6.